The number of nitrogens with two attached hydrogens (primary N) is 1. The van der Waals surface area contributed by atoms with Crippen molar-refractivity contribution in [2.75, 3.05) is 12.4 Å². The van der Waals surface area contributed by atoms with E-state index in [2.05, 4.69) is 15.6 Å². The van der Waals surface area contributed by atoms with Crippen molar-refractivity contribution in [2.24, 2.45) is 5.73 Å². The second kappa shape index (κ2) is 14.2. The number of halogens is 5. The largest absolute Gasteiger partial charge is 0.495 e. The Bertz CT molecular complexity index is 1800. The van der Waals surface area contributed by atoms with Crippen LogP contribution in [0.25, 0.3) is 16.8 Å². The fourth-order valence-corrected chi connectivity index (χ4v) is 4.28. The SMILES string of the molecule is CC(C)=O.CCC(C(=O)Nc1ccc(C(N)=O)c(F)c1)n1cc(OC)c(-c2cc(Cl)ccc2-n2cc(C(F)(F)F)nn2)cc1=O. The highest BCUT2D eigenvalue weighted by Crippen LogP contribution is 2.36. The molecule has 16 heteroatoms. The first kappa shape index (κ1) is 34.4. The first-order valence-corrected chi connectivity index (χ1v) is 13.4. The number of benzene rings is 2. The zero-order chi connectivity index (χ0) is 33.6. The number of carbonyl (C=O) groups is 3. The number of pyridine rings is 1. The number of hydrogen-bond acceptors (Lipinski definition) is 7. The summed E-state index contributed by atoms with van der Waals surface area (Å²) in [6.07, 6.45) is -2.63. The molecule has 3 N–H and O–H groups in total. The van der Waals surface area contributed by atoms with Crippen LogP contribution in [0.1, 0.15) is 49.3 Å². The van der Waals surface area contributed by atoms with Crippen molar-refractivity contribution in [3.8, 4) is 22.6 Å². The maximum absolute atomic E-state index is 14.2. The number of ketones is 1. The number of aromatic nitrogens is 4. The van der Waals surface area contributed by atoms with E-state index in [1.807, 2.05) is 0 Å². The minimum atomic E-state index is -4.73. The quantitative estimate of drug-likeness (QED) is 0.249. The van der Waals surface area contributed by atoms with Gasteiger partial charge in [0.1, 0.15) is 23.4 Å². The molecule has 0 bridgehead atoms. The van der Waals surface area contributed by atoms with Crippen LogP contribution >= 0.6 is 11.6 Å². The fourth-order valence-electron chi connectivity index (χ4n) is 4.11. The molecule has 2 aromatic carbocycles. The molecule has 238 valence electrons. The van der Waals surface area contributed by atoms with E-state index >= 15 is 0 Å². The minimum absolute atomic E-state index is 0.0298. The highest BCUT2D eigenvalue weighted by molar-refractivity contribution is 6.31. The molecule has 11 nitrogen and oxygen atoms in total. The standard InChI is InChI=1S/C26H21ClF4N6O4.C3H6O/c1-3-19(25(40)33-14-5-6-15(24(32)39)18(28)9-14)36-11-21(41-2)17(10-23(36)38)16-8-13(27)4-7-20(16)37-12-22(34-35-37)26(29,30)31;1-3(2)4/h4-12,19H,3H2,1-2H3,(H2,32,39)(H,33,40);1-2H3. The average Bonchev–Trinajstić information content (AvgIpc) is 3.44. The lowest BCUT2D eigenvalue weighted by Gasteiger charge is -2.21. The molecule has 1 unspecified atom stereocenters. The number of ether oxygens (including phenoxy) is 1. The number of nitrogens with zero attached hydrogens (tertiary/aromatic N) is 4. The third kappa shape index (κ3) is 8.32. The van der Waals surface area contributed by atoms with Crippen LogP contribution in [0.2, 0.25) is 5.02 Å². The Morgan fingerprint density at radius 3 is 2.27 bits per heavy atom. The molecular weight excluding hydrogens is 624 g/mol. The van der Waals surface area contributed by atoms with Gasteiger partial charge in [0.15, 0.2) is 5.69 Å². The Morgan fingerprint density at radius 1 is 1.07 bits per heavy atom. The van der Waals surface area contributed by atoms with Crippen LogP contribution in [0.3, 0.4) is 0 Å². The van der Waals surface area contributed by atoms with Crippen molar-refractivity contribution in [1.82, 2.24) is 19.6 Å². The summed E-state index contributed by atoms with van der Waals surface area (Å²) >= 11 is 6.17. The Labute approximate surface area is 258 Å². The Balaban J connectivity index is 0.00000130. The van der Waals surface area contributed by atoms with Gasteiger partial charge < -0.3 is 20.6 Å². The van der Waals surface area contributed by atoms with Crippen LogP contribution in [0.5, 0.6) is 5.75 Å². The van der Waals surface area contributed by atoms with Crippen LogP contribution in [0.15, 0.2) is 59.7 Å². The Hall–Kier alpha value is -5.05. The zero-order valence-electron chi connectivity index (χ0n) is 24.3. The maximum Gasteiger partial charge on any atom is 0.436 e. The van der Waals surface area contributed by atoms with Gasteiger partial charge in [-0.3, -0.25) is 19.0 Å². The first-order chi connectivity index (χ1) is 21.1. The van der Waals surface area contributed by atoms with Crippen LogP contribution in [0, 0.1) is 5.82 Å². The van der Waals surface area contributed by atoms with Crippen molar-refractivity contribution < 1.29 is 36.7 Å². The van der Waals surface area contributed by atoms with Gasteiger partial charge in [0.2, 0.25) is 5.91 Å². The maximum atomic E-state index is 14.2. The smallest absolute Gasteiger partial charge is 0.436 e. The number of methoxy groups -OCH3 is 1. The second-order valence-electron chi connectivity index (χ2n) is 9.59. The van der Waals surface area contributed by atoms with E-state index in [0.717, 1.165) is 27.4 Å². The molecule has 0 saturated heterocycles. The lowest BCUT2D eigenvalue weighted by molar-refractivity contribution is -0.141. The molecule has 0 radical (unpaired) electrons. The Kier molecular flexibility index (Phi) is 10.8. The van der Waals surface area contributed by atoms with Crippen molar-refractivity contribution in [3.63, 3.8) is 0 Å². The van der Waals surface area contributed by atoms with E-state index in [4.69, 9.17) is 22.1 Å². The van der Waals surface area contributed by atoms with Gasteiger partial charge in [0.25, 0.3) is 11.5 Å². The van der Waals surface area contributed by atoms with E-state index in [-0.39, 0.29) is 51.0 Å². The monoisotopic (exact) mass is 650 g/mol. The molecule has 2 heterocycles. The van der Waals surface area contributed by atoms with Gasteiger partial charge in [-0.25, -0.2) is 9.07 Å². The van der Waals surface area contributed by atoms with E-state index in [0.29, 0.717) is 6.20 Å². The molecule has 0 saturated carbocycles. The summed E-state index contributed by atoms with van der Waals surface area (Å²) in [7, 11) is 1.30. The van der Waals surface area contributed by atoms with Gasteiger partial charge in [-0.15, -0.1) is 5.10 Å². The zero-order valence-corrected chi connectivity index (χ0v) is 25.0. The van der Waals surface area contributed by atoms with Crippen molar-refractivity contribution in [2.45, 2.75) is 39.4 Å². The summed E-state index contributed by atoms with van der Waals surface area (Å²) in [5.41, 5.74) is 3.40. The van der Waals surface area contributed by atoms with Gasteiger partial charge in [-0.2, -0.15) is 13.2 Å². The van der Waals surface area contributed by atoms with Crippen LogP contribution in [-0.4, -0.2) is 44.3 Å². The van der Waals surface area contributed by atoms with Gasteiger partial charge in [0.05, 0.1) is 30.8 Å². The van der Waals surface area contributed by atoms with Gasteiger partial charge in [0, 0.05) is 27.9 Å². The second-order valence-corrected chi connectivity index (χ2v) is 10.0. The molecule has 2 amide bonds. The topological polar surface area (TPSA) is 151 Å². The molecular formula is C29H27ClF4N6O5. The van der Waals surface area contributed by atoms with Gasteiger partial charge in [-0.05, 0) is 56.7 Å². The van der Waals surface area contributed by atoms with Crippen molar-refractivity contribution >= 4 is 34.9 Å². The lowest BCUT2D eigenvalue weighted by atomic mass is 10.0. The number of carbonyl (C=O) groups excluding carboxylic acids is 3. The molecule has 0 fully saturated rings. The molecule has 0 aliphatic heterocycles. The minimum Gasteiger partial charge on any atom is -0.495 e. The molecule has 0 aliphatic carbocycles. The van der Waals surface area contributed by atoms with Gasteiger partial charge >= 0.3 is 6.18 Å². The summed E-state index contributed by atoms with van der Waals surface area (Å²) in [4.78, 5) is 47.1. The van der Waals surface area contributed by atoms with Crippen LogP contribution in [0.4, 0.5) is 23.2 Å². The molecule has 4 rings (SSSR count). The van der Waals surface area contributed by atoms with Crippen LogP contribution < -0.4 is 21.3 Å². The van der Waals surface area contributed by atoms with E-state index < -0.39 is 41.1 Å². The number of Topliss-reactive ketones (excluding diaryl/α,β-unsaturated/α-hetero) is 1. The first-order valence-electron chi connectivity index (χ1n) is 13.0. The third-order valence-corrected chi connectivity index (χ3v) is 6.31. The van der Waals surface area contributed by atoms with Crippen molar-refractivity contribution in [3.05, 3.63) is 87.3 Å². The summed E-state index contributed by atoms with van der Waals surface area (Å²) in [5, 5.41) is 9.45. The number of anilines is 1. The summed E-state index contributed by atoms with van der Waals surface area (Å²) < 4.78 is 61.0. The number of amides is 2. The van der Waals surface area contributed by atoms with Gasteiger partial charge in [-0.1, -0.05) is 23.7 Å². The predicted molar refractivity (Wildman–Crippen MR) is 157 cm³/mol. The highest BCUT2D eigenvalue weighted by atomic mass is 35.5. The summed E-state index contributed by atoms with van der Waals surface area (Å²) in [5.74, 6) is -2.31. The van der Waals surface area contributed by atoms with Crippen LogP contribution in [-0.2, 0) is 15.8 Å². The number of rotatable bonds is 8. The summed E-state index contributed by atoms with van der Waals surface area (Å²) in [6, 6.07) is 7.65. The highest BCUT2D eigenvalue weighted by Gasteiger charge is 2.35. The molecule has 1 atom stereocenters. The molecule has 4 aromatic rings. The fraction of sp³-hybridized carbons (Fsp3) is 0.241. The van der Waals surface area contributed by atoms with E-state index in [1.54, 1.807) is 6.92 Å². The predicted octanol–water partition coefficient (Wildman–Crippen LogP) is 5.20. The molecule has 2 aromatic heterocycles. The van der Waals surface area contributed by atoms with Crippen molar-refractivity contribution in [1.29, 1.82) is 0 Å². The number of nitrogens with one attached hydrogen (secondary N) is 1. The number of alkyl halides is 3. The lowest BCUT2D eigenvalue weighted by Crippen LogP contribution is -2.32. The molecule has 0 aliphatic rings. The number of hydrogen-bond donors (Lipinski definition) is 2. The average molecular weight is 651 g/mol. The summed E-state index contributed by atoms with van der Waals surface area (Å²) in [6.45, 7) is 4.70. The Morgan fingerprint density at radius 2 is 1.73 bits per heavy atom. The third-order valence-electron chi connectivity index (χ3n) is 6.07. The molecule has 45 heavy (non-hydrogen) atoms. The van der Waals surface area contributed by atoms with E-state index in [9.17, 15) is 36.7 Å². The number of primary amides is 1. The van der Waals surface area contributed by atoms with E-state index in [1.165, 1.54) is 51.4 Å². The normalized spacial score (nSPS) is 11.7. The molecule has 0 spiro atoms.